The van der Waals surface area contributed by atoms with Crippen LogP contribution >= 0.6 is 23.1 Å². The van der Waals surface area contributed by atoms with Gasteiger partial charge in [0.15, 0.2) is 0 Å². The normalized spacial score (nSPS) is 11.9. The van der Waals surface area contributed by atoms with Crippen LogP contribution in [0, 0.1) is 5.92 Å². The maximum Gasteiger partial charge on any atom is 0.243 e. The van der Waals surface area contributed by atoms with Gasteiger partial charge in [-0.3, -0.25) is 4.79 Å². The minimum absolute atomic E-state index is 0.0693. The lowest BCUT2D eigenvalue weighted by Gasteiger charge is -2.17. The summed E-state index contributed by atoms with van der Waals surface area (Å²) in [4.78, 5) is 18.1. The molecule has 0 aliphatic heterocycles. The summed E-state index contributed by atoms with van der Waals surface area (Å²) in [6, 6.07) is 8.42. The predicted molar refractivity (Wildman–Crippen MR) is 118 cm³/mol. The van der Waals surface area contributed by atoms with Crippen molar-refractivity contribution in [3.8, 4) is 10.7 Å². The number of amides is 1. The smallest absolute Gasteiger partial charge is 0.243 e. The summed E-state index contributed by atoms with van der Waals surface area (Å²) in [5.74, 6) is 0.213. The quantitative estimate of drug-likeness (QED) is 0.501. The number of aromatic nitrogens is 2. The largest absolute Gasteiger partial charge is 0.337 e. The summed E-state index contributed by atoms with van der Waals surface area (Å²) < 4.78 is 32.5. The Morgan fingerprint density at radius 1 is 1.33 bits per heavy atom. The van der Waals surface area contributed by atoms with Crippen molar-refractivity contribution in [3.63, 3.8) is 0 Å². The van der Waals surface area contributed by atoms with E-state index >= 15 is 0 Å². The van der Waals surface area contributed by atoms with E-state index in [2.05, 4.69) is 15.5 Å². The zero-order valence-corrected chi connectivity index (χ0v) is 19.4. The van der Waals surface area contributed by atoms with Gasteiger partial charge in [0, 0.05) is 17.9 Å². The van der Waals surface area contributed by atoms with Crippen molar-refractivity contribution in [2.45, 2.75) is 30.2 Å². The highest BCUT2D eigenvalue weighted by molar-refractivity contribution is 7.98. The fourth-order valence-electron chi connectivity index (χ4n) is 2.50. The lowest BCUT2D eigenvalue weighted by molar-refractivity contribution is -0.118. The Morgan fingerprint density at radius 2 is 2.10 bits per heavy atom. The van der Waals surface area contributed by atoms with Crippen LogP contribution in [0.1, 0.15) is 19.7 Å². The van der Waals surface area contributed by atoms with Gasteiger partial charge in [0.25, 0.3) is 0 Å². The molecular formula is C19H22N4O4S3. The molecular weight excluding hydrogens is 444 g/mol. The number of carbonyl (C=O) groups is 1. The Morgan fingerprint density at radius 3 is 2.73 bits per heavy atom. The Hall–Kier alpha value is -2.21. The highest BCUT2D eigenvalue weighted by atomic mass is 32.2. The summed E-state index contributed by atoms with van der Waals surface area (Å²) in [6.45, 7) is 3.48. The zero-order valence-electron chi connectivity index (χ0n) is 16.9. The number of hydrogen-bond donors (Lipinski definition) is 1. The molecule has 0 saturated carbocycles. The first-order chi connectivity index (χ1) is 14.2. The van der Waals surface area contributed by atoms with E-state index in [9.17, 15) is 13.2 Å². The summed E-state index contributed by atoms with van der Waals surface area (Å²) >= 11 is 2.89. The van der Waals surface area contributed by atoms with Crippen LogP contribution in [-0.2, 0) is 21.4 Å². The van der Waals surface area contributed by atoms with Crippen molar-refractivity contribution in [1.82, 2.24) is 14.4 Å². The fraction of sp³-hybridized carbons (Fsp3) is 0.316. The van der Waals surface area contributed by atoms with E-state index in [0.717, 1.165) is 14.1 Å². The molecule has 0 fully saturated rings. The molecule has 0 aliphatic carbocycles. The number of benzene rings is 1. The van der Waals surface area contributed by atoms with E-state index in [1.807, 2.05) is 23.8 Å². The molecule has 1 N–H and O–H groups in total. The average Bonchev–Trinajstić information content (AvgIpc) is 3.39. The maximum absolute atomic E-state index is 13.1. The molecule has 0 unspecified atom stereocenters. The Labute approximate surface area is 183 Å². The van der Waals surface area contributed by atoms with Crippen molar-refractivity contribution in [3.05, 3.63) is 41.6 Å². The molecule has 8 nitrogen and oxygen atoms in total. The molecule has 2 heterocycles. The number of nitrogens with one attached hydrogen (secondary N) is 1. The first kappa shape index (κ1) is 22.5. The highest BCUT2D eigenvalue weighted by Crippen LogP contribution is 2.30. The molecule has 0 bridgehead atoms. The molecule has 0 aliphatic rings. The van der Waals surface area contributed by atoms with E-state index in [0.29, 0.717) is 11.5 Å². The third-order valence-corrected chi connectivity index (χ3v) is 7.69. The van der Waals surface area contributed by atoms with E-state index in [1.54, 1.807) is 19.9 Å². The third kappa shape index (κ3) is 4.91. The van der Waals surface area contributed by atoms with Gasteiger partial charge in [-0.2, -0.15) is 9.29 Å². The lowest BCUT2D eigenvalue weighted by atomic mass is 10.2. The summed E-state index contributed by atoms with van der Waals surface area (Å²) in [7, 11) is -2.39. The number of anilines is 1. The topological polar surface area (TPSA) is 105 Å². The van der Waals surface area contributed by atoms with Crippen molar-refractivity contribution in [1.29, 1.82) is 0 Å². The minimum atomic E-state index is -3.84. The summed E-state index contributed by atoms with van der Waals surface area (Å²) in [6.07, 6.45) is 1.86. The maximum atomic E-state index is 13.1. The molecule has 1 aromatic carbocycles. The van der Waals surface area contributed by atoms with Gasteiger partial charge < -0.3 is 9.84 Å². The van der Waals surface area contributed by atoms with Crippen molar-refractivity contribution >= 4 is 44.7 Å². The van der Waals surface area contributed by atoms with E-state index in [-0.39, 0.29) is 29.2 Å². The molecule has 3 aromatic rings. The molecule has 0 saturated heterocycles. The number of carbonyl (C=O) groups excluding carboxylic acids is 1. The van der Waals surface area contributed by atoms with Gasteiger partial charge in [0.2, 0.25) is 27.6 Å². The van der Waals surface area contributed by atoms with Crippen LogP contribution < -0.4 is 5.32 Å². The van der Waals surface area contributed by atoms with E-state index < -0.39 is 10.0 Å². The first-order valence-electron chi connectivity index (χ1n) is 9.04. The number of thioether (sulfide) groups is 1. The van der Waals surface area contributed by atoms with Crippen LogP contribution in [0.2, 0.25) is 0 Å². The second-order valence-corrected chi connectivity index (χ2v) is 10.6. The predicted octanol–water partition coefficient (Wildman–Crippen LogP) is 3.94. The van der Waals surface area contributed by atoms with Gasteiger partial charge in [0.05, 0.1) is 22.0 Å². The van der Waals surface area contributed by atoms with Gasteiger partial charge in [-0.1, -0.05) is 25.1 Å². The summed E-state index contributed by atoms with van der Waals surface area (Å²) in [5, 5.41) is 8.60. The van der Waals surface area contributed by atoms with Crippen LogP contribution in [-0.4, -0.2) is 42.1 Å². The fourth-order valence-corrected chi connectivity index (χ4v) is 4.83. The van der Waals surface area contributed by atoms with Gasteiger partial charge in [-0.15, -0.1) is 23.1 Å². The molecule has 0 atom stereocenters. The molecule has 2 aromatic heterocycles. The molecule has 11 heteroatoms. The second-order valence-electron chi connectivity index (χ2n) is 6.76. The second kappa shape index (κ2) is 9.29. The Bertz CT molecular complexity index is 1120. The molecule has 0 spiro atoms. The highest BCUT2D eigenvalue weighted by Gasteiger charge is 2.25. The van der Waals surface area contributed by atoms with E-state index in [1.165, 1.54) is 42.3 Å². The SMILES string of the molecule is CSc1ccc(S(=O)(=O)N(C)Cc2nc(-c3cccs3)no2)cc1NC(=O)C(C)C. The zero-order chi connectivity index (χ0) is 21.9. The van der Waals surface area contributed by atoms with Crippen molar-refractivity contribution < 1.29 is 17.7 Å². The number of hydrogen-bond acceptors (Lipinski definition) is 8. The number of thiophene rings is 1. The molecule has 1 amide bonds. The van der Waals surface area contributed by atoms with Crippen molar-refractivity contribution in [2.75, 3.05) is 18.6 Å². The molecule has 160 valence electrons. The Kier molecular flexibility index (Phi) is 6.96. The van der Waals surface area contributed by atoms with Gasteiger partial charge in [-0.25, -0.2) is 8.42 Å². The minimum Gasteiger partial charge on any atom is -0.337 e. The van der Waals surface area contributed by atoms with E-state index in [4.69, 9.17) is 4.52 Å². The van der Waals surface area contributed by atoms with Crippen molar-refractivity contribution in [2.24, 2.45) is 5.92 Å². The Balaban J connectivity index is 1.82. The monoisotopic (exact) mass is 466 g/mol. The number of sulfonamides is 1. The van der Waals surface area contributed by atoms with Crippen LogP contribution in [0.25, 0.3) is 10.7 Å². The number of rotatable bonds is 8. The van der Waals surface area contributed by atoms with Gasteiger partial charge >= 0.3 is 0 Å². The molecule has 30 heavy (non-hydrogen) atoms. The summed E-state index contributed by atoms with van der Waals surface area (Å²) in [5.41, 5.74) is 0.466. The first-order valence-corrected chi connectivity index (χ1v) is 12.6. The van der Waals surface area contributed by atoms with Gasteiger partial charge in [0.1, 0.15) is 0 Å². The van der Waals surface area contributed by atoms with Crippen LogP contribution in [0.15, 0.2) is 50.0 Å². The molecule has 0 radical (unpaired) electrons. The lowest BCUT2D eigenvalue weighted by Crippen LogP contribution is -2.27. The number of nitrogens with zero attached hydrogens (tertiary/aromatic N) is 3. The van der Waals surface area contributed by atoms with Gasteiger partial charge in [-0.05, 0) is 35.9 Å². The van der Waals surface area contributed by atoms with Crippen LogP contribution in [0.3, 0.4) is 0 Å². The standard InChI is InChI=1S/C19H22N4O4S3/c1-12(2)19(24)20-14-10-13(7-8-15(14)28-4)30(25,26)23(3)11-17-21-18(22-27-17)16-6-5-9-29-16/h5-10,12H,11H2,1-4H3,(H,20,24). The molecule has 3 rings (SSSR count). The average molecular weight is 467 g/mol. The van der Waals surface area contributed by atoms with Crippen LogP contribution in [0.4, 0.5) is 5.69 Å². The van der Waals surface area contributed by atoms with Crippen LogP contribution in [0.5, 0.6) is 0 Å². The third-order valence-electron chi connectivity index (χ3n) is 4.23.